The molecule has 1 heterocycles. The van der Waals surface area contributed by atoms with Crippen molar-refractivity contribution in [2.75, 3.05) is 0 Å². The zero-order chi connectivity index (χ0) is 15.1. The van der Waals surface area contributed by atoms with Gasteiger partial charge in [-0.15, -0.1) is 0 Å². The Labute approximate surface area is 117 Å². The third kappa shape index (κ3) is 2.24. The van der Waals surface area contributed by atoms with E-state index in [0.29, 0.717) is 17.1 Å². The Morgan fingerprint density at radius 1 is 1.00 bits per heavy atom. The van der Waals surface area contributed by atoms with E-state index in [1.165, 1.54) is 25.1 Å². The highest BCUT2D eigenvalue weighted by molar-refractivity contribution is 6.10. The van der Waals surface area contributed by atoms with E-state index >= 15 is 0 Å². The minimum Gasteiger partial charge on any atom is -0.306 e. The number of fused-ring (bicyclic) bond motifs is 1. The molecular weight excluding hydrogens is 278 g/mol. The number of H-pyrrole nitrogens is 2. The Balaban J connectivity index is 2.11. The topological polar surface area (TPSA) is 65.7 Å². The monoisotopic (exact) mass is 288 g/mol. The summed E-state index contributed by atoms with van der Waals surface area (Å²) < 4.78 is 27.0. The third-order valence-corrected chi connectivity index (χ3v) is 3.27. The number of ketones is 1. The lowest BCUT2D eigenvalue weighted by Crippen LogP contribution is -2.06. The minimum absolute atomic E-state index is 0.191. The zero-order valence-electron chi connectivity index (χ0n) is 11.0. The van der Waals surface area contributed by atoms with Gasteiger partial charge in [0, 0.05) is 11.6 Å². The molecule has 0 atom stereocenters. The lowest BCUT2D eigenvalue weighted by Gasteiger charge is -2.05. The van der Waals surface area contributed by atoms with E-state index < -0.39 is 23.1 Å². The summed E-state index contributed by atoms with van der Waals surface area (Å²) in [7, 11) is 0. The molecule has 3 rings (SSSR count). The molecule has 0 saturated heterocycles. The van der Waals surface area contributed by atoms with Crippen molar-refractivity contribution in [2.24, 2.45) is 0 Å². The van der Waals surface area contributed by atoms with Gasteiger partial charge >= 0.3 is 5.69 Å². The molecule has 2 aromatic carbocycles. The number of aryl methyl sites for hydroxylation is 1. The minimum atomic E-state index is -0.911. The summed E-state index contributed by atoms with van der Waals surface area (Å²) in [6.45, 7) is 1.46. The summed E-state index contributed by atoms with van der Waals surface area (Å²) in [5.74, 6) is -2.18. The van der Waals surface area contributed by atoms with Crippen LogP contribution in [0.3, 0.4) is 0 Å². The Bertz CT molecular complexity index is 925. The van der Waals surface area contributed by atoms with Crippen LogP contribution in [0.5, 0.6) is 0 Å². The van der Waals surface area contributed by atoms with Gasteiger partial charge in [0.2, 0.25) is 0 Å². The molecule has 0 unspecified atom stereocenters. The van der Waals surface area contributed by atoms with Gasteiger partial charge in [0.05, 0.1) is 16.6 Å². The van der Waals surface area contributed by atoms with Gasteiger partial charge in [-0.3, -0.25) is 4.79 Å². The largest absolute Gasteiger partial charge is 0.323 e. The number of halogens is 2. The predicted molar refractivity (Wildman–Crippen MR) is 73.4 cm³/mol. The lowest BCUT2D eigenvalue weighted by molar-refractivity contribution is 0.103. The summed E-state index contributed by atoms with van der Waals surface area (Å²) in [5.41, 5.74) is 0.806. The van der Waals surface area contributed by atoms with Crippen LogP contribution in [0, 0.1) is 18.6 Å². The molecular formula is C15H10F2N2O2. The van der Waals surface area contributed by atoms with Gasteiger partial charge in [-0.25, -0.2) is 13.6 Å². The van der Waals surface area contributed by atoms with E-state index in [2.05, 4.69) is 9.97 Å². The van der Waals surface area contributed by atoms with Crippen LogP contribution in [0.1, 0.15) is 21.5 Å². The van der Waals surface area contributed by atoms with Crippen LogP contribution in [-0.2, 0) is 0 Å². The van der Waals surface area contributed by atoms with Gasteiger partial charge in [-0.1, -0.05) is 0 Å². The first-order chi connectivity index (χ1) is 9.95. The highest BCUT2D eigenvalue weighted by atomic mass is 19.1. The lowest BCUT2D eigenvalue weighted by atomic mass is 10.0. The molecule has 3 aromatic rings. The van der Waals surface area contributed by atoms with Crippen molar-refractivity contribution in [1.82, 2.24) is 9.97 Å². The van der Waals surface area contributed by atoms with Crippen molar-refractivity contribution in [3.63, 3.8) is 0 Å². The third-order valence-electron chi connectivity index (χ3n) is 3.27. The van der Waals surface area contributed by atoms with Gasteiger partial charge in [-0.05, 0) is 36.8 Å². The normalized spacial score (nSPS) is 11.0. The standard InChI is InChI=1S/C15H10F2N2O2/c1-7-4-9(11(17)6-10(7)16)14(20)8-2-3-12-13(5-8)19-15(21)18-12/h2-6H,1H3,(H2,18,19,21). The van der Waals surface area contributed by atoms with Crippen molar-refractivity contribution in [3.05, 3.63) is 69.1 Å². The van der Waals surface area contributed by atoms with E-state index in [0.717, 1.165) is 0 Å². The molecule has 0 fully saturated rings. The molecule has 1 aromatic heterocycles. The number of benzene rings is 2. The van der Waals surface area contributed by atoms with Crippen LogP contribution in [0.25, 0.3) is 11.0 Å². The Kier molecular flexibility index (Phi) is 2.94. The van der Waals surface area contributed by atoms with Gasteiger partial charge in [0.15, 0.2) is 5.78 Å². The molecule has 0 aliphatic heterocycles. The molecule has 0 spiro atoms. The SMILES string of the molecule is Cc1cc(C(=O)c2ccc3[nH]c(=O)[nH]c3c2)c(F)cc1F. The van der Waals surface area contributed by atoms with Crippen molar-refractivity contribution in [3.8, 4) is 0 Å². The molecule has 0 bridgehead atoms. The highest BCUT2D eigenvalue weighted by Crippen LogP contribution is 2.19. The molecule has 0 aliphatic carbocycles. The fourth-order valence-corrected chi connectivity index (χ4v) is 2.16. The van der Waals surface area contributed by atoms with Crippen LogP contribution in [-0.4, -0.2) is 15.8 Å². The number of nitrogens with one attached hydrogen (secondary N) is 2. The van der Waals surface area contributed by atoms with Gasteiger partial charge in [-0.2, -0.15) is 0 Å². The number of hydrogen-bond donors (Lipinski definition) is 2. The molecule has 0 radical (unpaired) electrons. The highest BCUT2D eigenvalue weighted by Gasteiger charge is 2.17. The van der Waals surface area contributed by atoms with E-state index in [1.807, 2.05) is 0 Å². The Hall–Kier alpha value is -2.76. The van der Waals surface area contributed by atoms with Crippen LogP contribution >= 0.6 is 0 Å². The first kappa shape index (κ1) is 13.2. The maximum Gasteiger partial charge on any atom is 0.323 e. The zero-order valence-corrected chi connectivity index (χ0v) is 11.0. The van der Waals surface area contributed by atoms with E-state index in [4.69, 9.17) is 0 Å². The van der Waals surface area contributed by atoms with Crippen molar-refractivity contribution >= 4 is 16.8 Å². The summed E-state index contributed by atoms with van der Waals surface area (Å²) >= 11 is 0. The number of imidazole rings is 1. The summed E-state index contributed by atoms with van der Waals surface area (Å²) in [5, 5.41) is 0. The van der Waals surface area contributed by atoms with Crippen molar-refractivity contribution < 1.29 is 13.6 Å². The quantitative estimate of drug-likeness (QED) is 0.712. The average molecular weight is 288 g/mol. The fourth-order valence-electron chi connectivity index (χ4n) is 2.16. The molecule has 21 heavy (non-hydrogen) atoms. The van der Waals surface area contributed by atoms with Crippen LogP contribution in [0.4, 0.5) is 8.78 Å². The maximum atomic E-state index is 13.8. The molecule has 6 heteroatoms. The molecule has 106 valence electrons. The van der Waals surface area contributed by atoms with Crippen molar-refractivity contribution in [1.29, 1.82) is 0 Å². The molecule has 2 N–H and O–H groups in total. The second-order valence-electron chi connectivity index (χ2n) is 4.75. The van der Waals surface area contributed by atoms with Crippen LogP contribution in [0.15, 0.2) is 35.1 Å². The van der Waals surface area contributed by atoms with E-state index in [9.17, 15) is 18.4 Å². The van der Waals surface area contributed by atoms with E-state index in [-0.39, 0.29) is 16.7 Å². The predicted octanol–water partition coefficient (Wildman–Crippen LogP) is 2.67. The van der Waals surface area contributed by atoms with E-state index in [1.54, 1.807) is 6.07 Å². The number of aromatic nitrogens is 2. The summed E-state index contributed by atoms with van der Waals surface area (Å²) in [6.07, 6.45) is 0. The van der Waals surface area contributed by atoms with Gasteiger partial charge < -0.3 is 9.97 Å². The number of carbonyl (C=O) groups excluding carboxylic acids is 1. The fraction of sp³-hybridized carbons (Fsp3) is 0.0667. The number of rotatable bonds is 2. The Morgan fingerprint density at radius 2 is 1.71 bits per heavy atom. The Morgan fingerprint density at radius 3 is 2.48 bits per heavy atom. The van der Waals surface area contributed by atoms with Gasteiger partial charge in [0.25, 0.3) is 0 Å². The first-order valence-electron chi connectivity index (χ1n) is 6.18. The molecule has 0 aliphatic rings. The summed E-state index contributed by atoms with van der Waals surface area (Å²) in [4.78, 5) is 28.6. The number of aromatic amines is 2. The van der Waals surface area contributed by atoms with Crippen molar-refractivity contribution in [2.45, 2.75) is 6.92 Å². The second kappa shape index (κ2) is 4.66. The number of carbonyl (C=O) groups is 1. The second-order valence-corrected chi connectivity index (χ2v) is 4.75. The van der Waals surface area contributed by atoms with Crippen LogP contribution < -0.4 is 5.69 Å². The molecule has 0 amide bonds. The first-order valence-corrected chi connectivity index (χ1v) is 6.18. The average Bonchev–Trinajstić information content (AvgIpc) is 2.81. The maximum absolute atomic E-state index is 13.8. The van der Waals surface area contributed by atoms with Crippen LogP contribution in [0.2, 0.25) is 0 Å². The molecule has 0 saturated carbocycles. The number of hydrogen-bond acceptors (Lipinski definition) is 2. The summed E-state index contributed by atoms with van der Waals surface area (Å²) in [6, 6.07) is 6.35. The smallest absolute Gasteiger partial charge is 0.306 e. The van der Waals surface area contributed by atoms with Gasteiger partial charge in [0.1, 0.15) is 11.6 Å². The molecule has 4 nitrogen and oxygen atoms in total.